The Kier molecular flexibility index (Phi) is 6.53. The monoisotopic (exact) mass is 692 g/mol. The molecule has 0 amide bonds. The first-order valence-electron chi connectivity index (χ1n) is 18.3. The molecule has 11 rings (SSSR count). The van der Waals surface area contributed by atoms with Crippen molar-refractivity contribution in [1.29, 1.82) is 0 Å². The van der Waals surface area contributed by atoms with Gasteiger partial charge < -0.3 is 4.42 Å². The minimum absolute atomic E-state index is 0.231. The number of hydrogen-bond donors (Lipinski definition) is 0. The molecule has 54 heavy (non-hydrogen) atoms. The van der Waals surface area contributed by atoms with Gasteiger partial charge in [0.25, 0.3) is 0 Å². The van der Waals surface area contributed by atoms with Crippen molar-refractivity contribution in [2.45, 2.75) is 19.3 Å². The van der Waals surface area contributed by atoms with Crippen LogP contribution < -0.4 is 0 Å². The van der Waals surface area contributed by atoms with E-state index in [1.54, 1.807) is 0 Å². The van der Waals surface area contributed by atoms with Gasteiger partial charge >= 0.3 is 0 Å². The molecule has 0 radical (unpaired) electrons. The van der Waals surface area contributed by atoms with Crippen molar-refractivity contribution < 1.29 is 4.42 Å². The lowest BCUT2D eigenvalue weighted by atomic mass is 9.80. The van der Waals surface area contributed by atoms with Crippen LogP contribution in [0.4, 0.5) is 0 Å². The van der Waals surface area contributed by atoms with E-state index in [1.165, 1.54) is 22.3 Å². The van der Waals surface area contributed by atoms with Crippen molar-refractivity contribution in [1.82, 2.24) is 19.9 Å². The summed E-state index contributed by atoms with van der Waals surface area (Å²) in [7, 11) is 0. The predicted octanol–water partition coefficient (Wildman–Crippen LogP) is 12.4. The van der Waals surface area contributed by atoms with E-state index in [0.29, 0.717) is 17.5 Å². The molecule has 0 saturated carbocycles. The first-order chi connectivity index (χ1) is 26.5. The van der Waals surface area contributed by atoms with Crippen molar-refractivity contribution >= 4 is 43.6 Å². The van der Waals surface area contributed by atoms with Crippen LogP contribution >= 0.6 is 0 Å². The van der Waals surface area contributed by atoms with E-state index in [9.17, 15) is 0 Å². The first-order valence-corrected chi connectivity index (χ1v) is 18.3. The second-order valence-corrected chi connectivity index (χ2v) is 14.6. The molecule has 3 heterocycles. The van der Waals surface area contributed by atoms with E-state index < -0.39 is 0 Å². The lowest BCUT2D eigenvalue weighted by Crippen LogP contribution is -2.17. The van der Waals surface area contributed by atoms with Crippen LogP contribution in [-0.4, -0.2) is 19.9 Å². The summed E-state index contributed by atoms with van der Waals surface area (Å²) in [6, 6.07) is 54.7. The molecule has 7 aromatic carbocycles. The molecule has 3 aromatic heterocycles. The minimum atomic E-state index is -0.231. The number of fused-ring (bicyclic) bond motifs is 9. The maximum absolute atomic E-state index is 6.62. The Balaban J connectivity index is 1.16. The number of nitrogens with zero attached hydrogens (tertiary/aromatic N) is 4. The summed E-state index contributed by atoms with van der Waals surface area (Å²) < 4.78 is 6.62. The highest BCUT2D eigenvalue weighted by Gasteiger charge is 2.38. The average molecular weight is 693 g/mol. The van der Waals surface area contributed by atoms with Crippen LogP contribution in [0.2, 0.25) is 0 Å². The van der Waals surface area contributed by atoms with Crippen molar-refractivity contribution in [2.24, 2.45) is 0 Å². The number of hydrogen-bond acceptors (Lipinski definition) is 5. The molecule has 1 aliphatic rings. The molecule has 10 aromatic rings. The quantitative estimate of drug-likeness (QED) is 0.184. The van der Waals surface area contributed by atoms with Gasteiger partial charge in [-0.2, -0.15) is 0 Å². The Labute approximate surface area is 311 Å². The van der Waals surface area contributed by atoms with Crippen LogP contribution in [0, 0.1) is 0 Å². The molecule has 5 nitrogen and oxygen atoms in total. The van der Waals surface area contributed by atoms with E-state index in [1.807, 2.05) is 36.4 Å². The molecular weight excluding hydrogens is 661 g/mol. The van der Waals surface area contributed by atoms with Gasteiger partial charge in [-0.25, -0.2) is 19.9 Å². The van der Waals surface area contributed by atoms with E-state index in [-0.39, 0.29) is 5.41 Å². The number of para-hydroxylation sites is 2. The number of furan rings is 1. The van der Waals surface area contributed by atoms with Crippen LogP contribution in [0.15, 0.2) is 162 Å². The lowest BCUT2D eigenvalue weighted by molar-refractivity contribution is 0.661. The van der Waals surface area contributed by atoms with E-state index in [4.69, 9.17) is 24.4 Å². The smallest absolute Gasteiger partial charge is 0.164 e. The van der Waals surface area contributed by atoms with Gasteiger partial charge in [-0.1, -0.05) is 153 Å². The molecule has 0 aliphatic heterocycles. The number of rotatable bonds is 4. The second-order valence-electron chi connectivity index (χ2n) is 14.6. The third-order valence-electron chi connectivity index (χ3n) is 11.1. The highest BCUT2D eigenvalue weighted by Crippen LogP contribution is 2.52. The van der Waals surface area contributed by atoms with Gasteiger partial charge in [0, 0.05) is 43.8 Å². The number of benzene rings is 7. The second kappa shape index (κ2) is 11.5. The highest BCUT2D eigenvalue weighted by molar-refractivity contribution is 6.22. The summed E-state index contributed by atoms with van der Waals surface area (Å²) >= 11 is 0. The molecule has 0 saturated heterocycles. The minimum Gasteiger partial charge on any atom is -0.454 e. The largest absolute Gasteiger partial charge is 0.454 e. The van der Waals surface area contributed by atoms with E-state index >= 15 is 0 Å². The zero-order valence-electron chi connectivity index (χ0n) is 29.7. The maximum atomic E-state index is 6.62. The molecule has 0 bridgehead atoms. The first kappa shape index (κ1) is 30.6. The normalized spacial score (nSPS) is 13.1. The van der Waals surface area contributed by atoms with Gasteiger partial charge in [-0.15, -0.1) is 0 Å². The van der Waals surface area contributed by atoms with E-state index in [0.717, 1.165) is 71.6 Å². The number of pyridine rings is 1. The fourth-order valence-corrected chi connectivity index (χ4v) is 8.68. The van der Waals surface area contributed by atoms with Gasteiger partial charge in [0.05, 0.1) is 5.52 Å². The SMILES string of the molecule is CC1(C)c2ccccc2-c2cccc(-c3nc(-c4ccccc4)nc(-c4ccc(-c5nc6ccccc6c6c5oc5ccccc56)c5ccccc45)n3)c21. The Bertz CT molecular complexity index is 3140. The van der Waals surface area contributed by atoms with Gasteiger partial charge in [-0.05, 0) is 51.2 Å². The summed E-state index contributed by atoms with van der Waals surface area (Å²) in [4.78, 5) is 21.0. The summed E-state index contributed by atoms with van der Waals surface area (Å²) in [6.07, 6.45) is 0. The molecule has 0 spiro atoms. The summed E-state index contributed by atoms with van der Waals surface area (Å²) in [5.74, 6) is 1.91. The molecule has 0 unspecified atom stereocenters. The maximum Gasteiger partial charge on any atom is 0.164 e. The summed E-state index contributed by atoms with van der Waals surface area (Å²) in [5.41, 5.74) is 12.0. The Morgan fingerprint density at radius 3 is 1.85 bits per heavy atom. The fourth-order valence-electron chi connectivity index (χ4n) is 8.68. The molecule has 5 heteroatoms. The summed E-state index contributed by atoms with van der Waals surface area (Å²) in [6.45, 7) is 4.60. The van der Waals surface area contributed by atoms with Crippen molar-refractivity contribution in [3.8, 4) is 56.5 Å². The molecular formula is C49H32N4O. The predicted molar refractivity (Wildman–Crippen MR) is 219 cm³/mol. The Morgan fingerprint density at radius 2 is 1.02 bits per heavy atom. The van der Waals surface area contributed by atoms with Crippen LogP contribution in [0.1, 0.15) is 25.0 Å². The fraction of sp³-hybridized carbons (Fsp3) is 0.0612. The Morgan fingerprint density at radius 1 is 0.426 bits per heavy atom. The zero-order chi connectivity index (χ0) is 36.0. The van der Waals surface area contributed by atoms with Gasteiger partial charge in [0.2, 0.25) is 0 Å². The average Bonchev–Trinajstić information content (AvgIpc) is 3.73. The topological polar surface area (TPSA) is 64.7 Å². The molecule has 0 N–H and O–H groups in total. The van der Waals surface area contributed by atoms with Gasteiger partial charge in [0.1, 0.15) is 11.3 Å². The Hall–Kier alpha value is -6.98. The third kappa shape index (κ3) is 4.45. The van der Waals surface area contributed by atoms with Crippen LogP contribution in [-0.2, 0) is 5.41 Å². The van der Waals surface area contributed by atoms with Crippen LogP contribution in [0.3, 0.4) is 0 Å². The zero-order valence-corrected chi connectivity index (χ0v) is 29.7. The van der Waals surface area contributed by atoms with E-state index in [2.05, 4.69) is 135 Å². The molecule has 1 aliphatic carbocycles. The van der Waals surface area contributed by atoms with Crippen molar-refractivity contribution in [3.05, 3.63) is 169 Å². The third-order valence-corrected chi connectivity index (χ3v) is 11.1. The summed E-state index contributed by atoms with van der Waals surface area (Å²) in [5, 5.41) is 5.30. The van der Waals surface area contributed by atoms with Crippen LogP contribution in [0.25, 0.3) is 100 Å². The molecule has 254 valence electrons. The number of aromatic nitrogens is 4. The molecule has 0 fully saturated rings. The lowest BCUT2D eigenvalue weighted by Gasteiger charge is -2.24. The van der Waals surface area contributed by atoms with Crippen molar-refractivity contribution in [3.63, 3.8) is 0 Å². The highest BCUT2D eigenvalue weighted by atomic mass is 16.3. The van der Waals surface area contributed by atoms with Crippen molar-refractivity contribution in [2.75, 3.05) is 0 Å². The standard InChI is InChI=1S/C49H32N4O/c1-49(2)39-24-11-8-19-32(39)33-22-14-23-38(43(33)49)48-52-46(29-15-4-3-5-16-29)51-47(53-48)35-28-27-34(30-17-6-7-18-31(30)35)44-45-42(36-20-9-12-25-40(36)50-44)37-21-10-13-26-41(37)54-45/h3-28H,1-2H3. The van der Waals surface area contributed by atoms with Crippen LogP contribution in [0.5, 0.6) is 0 Å². The van der Waals surface area contributed by atoms with Gasteiger partial charge in [-0.3, -0.25) is 0 Å². The molecule has 0 atom stereocenters. The van der Waals surface area contributed by atoms with Gasteiger partial charge in [0.15, 0.2) is 23.1 Å².